The Hall–Kier alpha value is -0.620. The SMILES string of the molecule is Cc1ccc(S(=O)(=O)N2CCC(C(C)N)C2)cc1.Cl. The molecule has 0 aliphatic carbocycles. The Bertz CT molecular complexity index is 514. The van der Waals surface area contributed by atoms with Gasteiger partial charge < -0.3 is 5.73 Å². The molecule has 1 saturated heterocycles. The molecule has 1 aromatic rings. The van der Waals surface area contributed by atoms with E-state index in [2.05, 4.69) is 0 Å². The van der Waals surface area contributed by atoms with Gasteiger partial charge >= 0.3 is 0 Å². The Labute approximate surface area is 121 Å². The van der Waals surface area contributed by atoms with E-state index in [-0.39, 0.29) is 24.4 Å². The molecular formula is C13H21ClN2O2S. The molecule has 1 aliphatic heterocycles. The topological polar surface area (TPSA) is 63.4 Å². The number of hydrogen-bond acceptors (Lipinski definition) is 3. The zero-order valence-electron chi connectivity index (χ0n) is 11.2. The molecule has 108 valence electrons. The monoisotopic (exact) mass is 304 g/mol. The van der Waals surface area contributed by atoms with Crippen LogP contribution in [-0.2, 0) is 10.0 Å². The van der Waals surface area contributed by atoms with Crippen LogP contribution >= 0.6 is 12.4 Å². The maximum absolute atomic E-state index is 12.4. The van der Waals surface area contributed by atoms with Crippen LogP contribution in [0.3, 0.4) is 0 Å². The van der Waals surface area contributed by atoms with Gasteiger partial charge in [0.1, 0.15) is 0 Å². The highest BCUT2D eigenvalue weighted by Crippen LogP contribution is 2.25. The molecule has 4 nitrogen and oxygen atoms in total. The van der Waals surface area contributed by atoms with E-state index in [1.165, 1.54) is 0 Å². The van der Waals surface area contributed by atoms with Gasteiger partial charge in [-0.25, -0.2) is 8.42 Å². The fourth-order valence-corrected chi connectivity index (χ4v) is 3.77. The Kier molecular flexibility index (Phi) is 5.38. The molecule has 2 atom stereocenters. The summed E-state index contributed by atoms with van der Waals surface area (Å²) >= 11 is 0. The molecule has 0 saturated carbocycles. The average Bonchev–Trinajstić information content (AvgIpc) is 2.79. The lowest BCUT2D eigenvalue weighted by atomic mass is 10.0. The second kappa shape index (κ2) is 6.22. The summed E-state index contributed by atoms with van der Waals surface area (Å²) in [6.45, 7) is 4.99. The van der Waals surface area contributed by atoms with E-state index in [0.29, 0.717) is 18.0 Å². The van der Waals surface area contributed by atoms with Gasteiger partial charge in [-0.05, 0) is 38.3 Å². The van der Waals surface area contributed by atoms with E-state index in [4.69, 9.17) is 5.73 Å². The van der Waals surface area contributed by atoms with Gasteiger partial charge in [0.2, 0.25) is 10.0 Å². The van der Waals surface area contributed by atoms with Crippen molar-refractivity contribution in [2.45, 2.75) is 31.2 Å². The van der Waals surface area contributed by atoms with Crippen molar-refractivity contribution in [1.29, 1.82) is 0 Å². The zero-order valence-corrected chi connectivity index (χ0v) is 12.9. The van der Waals surface area contributed by atoms with Gasteiger partial charge in [0.25, 0.3) is 0 Å². The van der Waals surface area contributed by atoms with Crippen molar-refractivity contribution < 1.29 is 8.42 Å². The summed E-state index contributed by atoms with van der Waals surface area (Å²) in [7, 11) is -3.34. The van der Waals surface area contributed by atoms with Crippen molar-refractivity contribution in [2.24, 2.45) is 11.7 Å². The maximum atomic E-state index is 12.4. The number of aryl methyl sites for hydroxylation is 1. The number of nitrogens with zero attached hydrogens (tertiary/aromatic N) is 1. The third kappa shape index (κ3) is 3.48. The molecule has 0 spiro atoms. The van der Waals surface area contributed by atoms with Crippen molar-refractivity contribution in [3.63, 3.8) is 0 Å². The second-order valence-electron chi connectivity index (χ2n) is 5.08. The zero-order chi connectivity index (χ0) is 13.3. The van der Waals surface area contributed by atoms with Crippen LogP contribution in [0.25, 0.3) is 0 Å². The minimum Gasteiger partial charge on any atom is -0.328 e. The molecule has 2 rings (SSSR count). The van der Waals surface area contributed by atoms with Crippen LogP contribution in [-0.4, -0.2) is 31.9 Å². The van der Waals surface area contributed by atoms with Gasteiger partial charge in [-0.15, -0.1) is 12.4 Å². The number of sulfonamides is 1. The van der Waals surface area contributed by atoms with Crippen molar-refractivity contribution in [2.75, 3.05) is 13.1 Å². The molecule has 0 bridgehead atoms. The summed E-state index contributed by atoms with van der Waals surface area (Å²) in [6.07, 6.45) is 0.850. The maximum Gasteiger partial charge on any atom is 0.243 e. The van der Waals surface area contributed by atoms with Crippen LogP contribution < -0.4 is 5.73 Å². The van der Waals surface area contributed by atoms with Crippen LogP contribution in [0.5, 0.6) is 0 Å². The lowest BCUT2D eigenvalue weighted by Gasteiger charge is -2.18. The lowest BCUT2D eigenvalue weighted by Crippen LogP contribution is -2.33. The Morgan fingerprint density at radius 1 is 1.32 bits per heavy atom. The first-order valence-electron chi connectivity index (χ1n) is 6.23. The first kappa shape index (κ1) is 16.4. The number of hydrogen-bond donors (Lipinski definition) is 1. The van der Waals surface area contributed by atoms with Gasteiger partial charge in [-0.2, -0.15) is 4.31 Å². The van der Waals surface area contributed by atoms with E-state index in [9.17, 15) is 8.42 Å². The molecule has 6 heteroatoms. The molecule has 1 fully saturated rings. The molecule has 2 unspecified atom stereocenters. The Morgan fingerprint density at radius 2 is 1.89 bits per heavy atom. The van der Waals surface area contributed by atoms with Gasteiger partial charge in [0.15, 0.2) is 0 Å². The van der Waals surface area contributed by atoms with Crippen molar-refractivity contribution in [3.8, 4) is 0 Å². The van der Waals surface area contributed by atoms with E-state index in [0.717, 1.165) is 12.0 Å². The highest BCUT2D eigenvalue weighted by molar-refractivity contribution is 7.89. The first-order valence-corrected chi connectivity index (χ1v) is 7.67. The molecule has 0 radical (unpaired) electrons. The number of halogens is 1. The summed E-state index contributed by atoms with van der Waals surface area (Å²) < 4.78 is 26.3. The van der Waals surface area contributed by atoms with Crippen molar-refractivity contribution in [1.82, 2.24) is 4.31 Å². The molecule has 2 N–H and O–H groups in total. The van der Waals surface area contributed by atoms with Gasteiger partial charge in [-0.1, -0.05) is 17.7 Å². The summed E-state index contributed by atoms with van der Waals surface area (Å²) in [4.78, 5) is 0.374. The van der Waals surface area contributed by atoms with Crippen molar-refractivity contribution >= 4 is 22.4 Å². The number of nitrogens with two attached hydrogens (primary N) is 1. The molecule has 0 amide bonds. The molecule has 1 heterocycles. The van der Waals surface area contributed by atoms with Gasteiger partial charge in [0.05, 0.1) is 4.90 Å². The Morgan fingerprint density at radius 3 is 2.37 bits per heavy atom. The van der Waals surface area contributed by atoms with E-state index in [1.54, 1.807) is 16.4 Å². The van der Waals surface area contributed by atoms with Crippen molar-refractivity contribution in [3.05, 3.63) is 29.8 Å². The van der Waals surface area contributed by atoms with Crippen LogP contribution in [0, 0.1) is 12.8 Å². The largest absolute Gasteiger partial charge is 0.328 e. The van der Waals surface area contributed by atoms with E-state index in [1.807, 2.05) is 26.0 Å². The molecular weight excluding hydrogens is 284 g/mol. The highest BCUT2D eigenvalue weighted by atomic mass is 35.5. The summed E-state index contributed by atoms with van der Waals surface area (Å²) in [6, 6.07) is 7.04. The standard InChI is InChI=1S/C13H20N2O2S.ClH/c1-10-3-5-13(6-4-10)18(16,17)15-8-7-12(9-15)11(2)14;/h3-6,11-12H,7-9,14H2,1-2H3;1H. The quantitative estimate of drug-likeness (QED) is 0.926. The third-order valence-corrected chi connectivity index (χ3v) is 5.47. The highest BCUT2D eigenvalue weighted by Gasteiger charge is 2.33. The van der Waals surface area contributed by atoms with Crippen LogP contribution in [0.1, 0.15) is 18.9 Å². The van der Waals surface area contributed by atoms with Crippen LogP contribution in [0.2, 0.25) is 0 Å². The van der Waals surface area contributed by atoms with E-state index >= 15 is 0 Å². The lowest BCUT2D eigenvalue weighted by molar-refractivity contribution is 0.429. The normalized spacial score (nSPS) is 21.9. The molecule has 1 aromatic carbocycles. The Balaban J connectivity index is 0.00000180. The molecule has 1 aliphatic rings. The first-order chi connectivity index (χ1) is 8.41. The third-order valence-electron chi connectivity index (χ3n) is 3.59. The minimum absolute atomic E-state index is 0. The van der Waals surface area contributed by atoms with Crippen LogP contribution in [0.4, 0.5) is 0 Å². The molecule has 19 heavy (non-hydrogen) atoms. The number of benzene rings is 1. The van der Waals surface area contributed by atoms with Gasteiger partial charge in [-0.3, -0.25) is 0 Å². The van der Waals surface area contributed by atoms with Crippen LogP contribution in [0.15, 0.2) is 29.2 Å². The smallest absolute Gasteiger partial charge is 0.243 e. The second-order valence-corrected chi connectivity index (χ2v) is 7.02. The van der Waals surface area contributed by atoms with E-state index < -0.39 is 10.0 Å². The summed E-state index contributed by atoms with van der Waals surface area (Å²) in [5.41, 5.74) is 6.90. The average molecular weight is 305 g/mol. The fourth-order valence-electron chi connectivity index (χ4n) is 2.26. The fraction of sp³-hybridized carbons (Fsp3) is 0.538. The predicted molar refractivity (Wildman–Crippen MR) is 78.9 cm³/mol. The number of rotatable bonds is 3. The van der Waals surface area contributed by atoms with Gasteiger partial charge in [0, 0.05) is 19.1 Å². The summed E-state index contributed by atoms with van der Waals surface area (Å²) in [5.74, 6) is 0.269. The predicted octanol–water partition coefficient (Wildman–Crippen LogP) is 1.77. The summed E-state index contributed by atoms with van der Waals surface area (Å²) in [5, 5.41) is 0. The molecule has 0 aromatic heterocycles. The minimum atomic E-state index is -3.34.